The van der Waals surface area contributed by atoms with Crippen LogP contribution in [0.1, 0.15) is 56.7 Å². The van der Waals surface area contributed by atoms with E-state index in [0.717, 1.165) is 19.0 Å². The number of piperazine rings is 1. The molecule has 1 aliphatic heterocycles. The fourth-order valence-corrected chi connectivity index (χ4v) is 4.34. The van der Waals surface area contributed by atoms with Crippen molar-refractivity contribution in [2.24, 2.45) is 5.92 Å². The zero-order valence-corrected chi connectivity index (χ0v) is 15.0. The van der Waals surface area contributed by atoms with Crippen molar-refractivity contribution in [3.05, 3.63) is 21.9 Å². The van der Waals surface area contributed by atoms with Crippen LogP contribution in [0.2, 0.25) is 0 Å². The van der Waals surface area contributed by atoms with Crippen molar-refractivity contribution in [3.63, 3.8) is 0 Å². The minimum atomic E-state index is 0.681. The third-order valence-electron chi connectivity index (χ3n) is 4.90. The van der Waals surface area contributed by atoms with Gasteiger partial charge in [0.05, 0.1) is 0 Å². The molecule has 1 aromatic rings. The standard InChI is InChI=1S/C18H32N2S/c1-5-8-15-12-20(18(11-19-15)14(4)6-2)13-17-10-9-16(7-3)21-17/h9-10,14-15,18-19H,5-8,11-13H2,1-4H3. The SMILES string of the molecule is CCCC1CN(Cc2ccc(CC)s2)C(C(C)CC)CN1. The average molecular weight is 309 g/mol. The van der Waals surface area contributed by atoms with Crippen molar-refractivity contribution in [2.75, 3.05) is 13.1 Å². The fourth-order valence-electron chi connectivity index (χ4n) is 3.35. The highest BCUT2D eigenvalue weighted by atomic mass is 32.1. The minimum absolute atomic E-state index is 0.681. The summed E-state index contributed by atoms with van der Waals surface area (Å²) in [5.41, 5.74) is 0. The molecule has 120 valence electrons. The van der Waals surface area contributed by atoms with Gasteiger partial charge < -0.3 is 5.32 Å². The Morgan fingerprint density at radius 1 is 1.29 bits per heavy atom. The number of hydrogen-bond acceptors (Lipinski definition) is 3. The number of nitrogens with zero attached hydrogens (tertiary/aromatic N) is 1. The van der Waals surface area contributed by atoms with Crippen LogP contribution in [0.15, 0.2) is 12.1 Å². The van der Waals surface area contributed by atoms with Crippen molar-refractivity contribution in [1.29, 1.82) is 0 Å². The Hall–Kier alpha value is -0.380. The molecule has 2 nitrogen and oxygen atoms in total. The lowest BCUT2D eigenvalue weighted by Crippen LogP contribution is -2.57. The first kappa shape index (κ1) is 17.0. The molecule has 2 rings (SSSR count). The van der Waals surface area contributed by atoms with E-state index < -0.39 is 0 Å². The zero-order valence-electron chi connectivity index (χ0n) is 14.2. The van der Waals surface area contributed by atoms with Gasteiger partial charge in [0.25, 0.3) is 0 Å². The molecular weight excluding hydrogens is 276 g/mol. The van der Waals surface area contributed by atoms with Crippen LogP contribution in [0.4, 0.5) is 0 Å². The van der Waals surface area contributed by atoms with Crippen LogP contribution in [0.25, 0.3) is 0 Å². The van der Waals surface area contributed by atoms with Gasteiger partial charge in [0.1, 0.15) is 0 Å². The summed E-state index contributed by atoms with van der Waals surface area (Å²) in [6, 6.07) is 6.02. The molecule has 0 saturated carbocycles. The number of rotatable bonds is 7. The molecule has 1 aliphatic rings. The van der Waals surface area contributed by atoms with Crippen molar-refractivity contribution < 1.29 is 0 Å². The second-order valence-corrected chi connectivity index (χ2v) is 7.75. The first-order valence-corrected chi connectivity index (χ1v) is 9.54. The Morgan fingerprint density at radius 3 is 2.67 bits per heavy atom. The van der Waals surface area contributed by atoms with Gasteiger partial charge in [0.2, 0.25) is 0 Å². The molecule has 3 heteroatoms. The van der Waals surface area contributed by atoms with Gasteiger partial charge in [-0.15, -0.1) is 11.3 Å². The lowest BCUT2D eigenvalue weighted by atomic mass is 9.93. The van der Waals surface area contributed by atoms with Gasteiger partial charge in [-0.2, -0.15) is 0 Å². The molecule has 3 atom stereocenters. The van der Waals surface area contributed by atoms with Crippen molar-refractivity contribution in [2.45, 2.75) is 72.0 Å². The maximum Gasteiger partial charge on any atom is 0.0332 e. The molecule has 0 amide bonds. The van der Waals surface area contributed by atoms with Crippen LogP contribution < -0.4 is 5.32 Å². The first-order chi connectivity index (χ1) is 10.2. The quantitative estimate of drug-likeness (QED) is 0.808. The predicted octanol–water partition coefficient (Wildman–Crippen LogP) is 4.30. The van der Waals surface area contributed by atoms with Gasteiger partial charge in [-0.25, -0.2) is 0 Å². The van der Waals surface area contributed by atoms with E-state index in [1.165, 1.54) is 42.0 Å². The largest absolute Gasteiger partial charge is 0.311 e. The summed E-state index contributed by atoms with van der Waals surface area (Å²) in [6.07, 6.45) is 5.01. The summed E-state index contributed by atoms with van der Waals surface area (Å²) >= 11 is 2.00. The van der Waals surface area contributed by atoms with Gasteiger partial charge in [0, 0.05) is 41.5 Å². The predicted molar refractivity (Wildman–Crippen MR) is 94.0 cm³/mol. The molecule has 1 aromatic heterocycles. The van der Waals surface area contributed by atoms with Crippen molar-refractivity contribution >= 4 is 11.3 Å². The van der Waals surface area contributed by atoms with E-state index >= 15 is 0 Å². The third-order valence-corrected chi connectivity index (χ3v) is 6.12. The summed E-state index contributed by atoms with van der Waals surface area (Å²) in [7, 11) is 0. The van der Waals surface area contributed by atoms with Gasteiger partial charge in [0.15, 0.2) is 0 Å². The normalized spacial score (nSPS) is 25.1. The monoisotopic (exact) mass is 308 g/mol. The van der Waals surface area contributed by atoms with E-state index in [1.54, 1.807) is 0 Å². The molecular formula is C18H32N2S. The number of nitrogens with one attached hydrogen (secondary N) is 1. The molecule has 0 bridgehead atoms. The number of aryl methyl sites for hydroxylation is 1. The van der Waals surface area contributed by atoms with Crippen molar-refractivity contribution in [1.82, 2.24) is 10.2 Å². The van der Waals surface area contributed by atoms with Gasteiger partial charge >= 0.3 is 0 Å². The zero-order chi connectivity index (χ0) is 15.2. The lowest BCUT2D eigenvalue weighted by molar-refractivity contribution is 0.0828. The molecule has 1 N–H and O–H groups in total. The highest BCUT2D eigenvalue weighted by molar-refractivity contribution is 7.11. The van der Waals surface area contributed by atoms with E-state index in [4.69, 9.17) is 0 Å². The highest BCUT2D eigenvalue weighted by Crippen LogP contribution is 2.25. The second-order valence-electron chi connectivity index (χ2n) is 6.50. The molecule has 0 aromatic carbocycles. The smallest absolute Gasteiger partial charge is 0.0332 e. The Kier molecular flexibility index (Phi) is 6.72. The first-order valence-electron chi connectivity index (χ1n) is 8.72. The van der Waals surface area contributed by atoms with Crippen LogP contribution in [-0.2, 0) is 13.0 Å². The molecule has 1 fully saturated rings. The molecule has 0 spiro atoms. The van der Waals surface area contributed by atoms with Crippen LogP contribution in [0.5, 0.6) is 0 Å². The van der Waals surface area contributed by atoms with Crippen LogP contribution in [0.3, 0.4) is 0 Å². The number of hydrogen-bond donors (Lipinski definition) is 1. The second kappa shape index (κ2) is 8.30. The van der Waals surface area contributed by atoms with Gasteiger partial charge in [-0.05, 0) is 30.9 Å². The minimum Gasteiger partial charge on any atom is -0.311 e. The summed E-state index contributed by atoms with van der Waals surface area (Å²) in [5.74, 6) is 0.769. The Labute approximate surface area is 134 Å². The highest BCUT2D eigenvalue weighted by Gasteiger charge is 2.30. The fraction of sp³-hybridized carbons (Fsp3) is 0.778. The maximum absolute atomic E-state index is 3.78. The summed E-state index contributed by atoms with van der Waals surface area (Å²) in [5, 5.41) is 3.78. The summed E-state index contributed by atoms with van der Waals surface area (Å²) < 4.78 is 0. The maximum atomic E-state index is 3.78. The number of thiophene rings is 1. The average Bonchev–Trinajstić information content (AvgIpc) is 2.95. The Morgan fingerprint density at radius 2 is 2.05 bits per heavy atom. The van der Waals surface area contributed by atoms with Crippen LogP contribution in [-0.4, -0.2) is 30.1 Å². The topological polar surface area (TPSA) is 15.3 Å². The Bertz CT molecular complexity index is 415. The summed E-state index contributed by atoms with van der Waals surface area (Å²) in [6.45, 7) is 12.8. The molecule has 2 heterocycles. The van der Waals surface area contributed by atoms with Gasteiger partial charge in [-0.1, -0.05) is 40.5 Å². The molecule has 1 saturated heterocycles. The lowest BCUT2D eigenvalue weighted by Gasteiger charge is -2.43. The summed E-state index contributed by atoms with van der Waals surface area (Å²) in [4.78, 5) is 5.80. The Balaban J connectivity index is 2.04. The van der Waals surface area contributed by atoms with Gasteiger partial charge in [-0.3, -0.25) is 4.90 Å². The molecule has 3 unspecified atom stereocenters. The van der Waals surface area contributed by atoms with E-state index in [2.05, 4.69) is 50.0 Å². The molecule has 21 heavy (non-hydrogen) atoms. The van der Waals surface area contributed by atoms with E-state index in [0.29, 0.717) is 12.1 Å². The van der Waals surface area contributed by atoms with Crippen LogP contribution >= 0.6 is 11.3 Å². The van der Waals surface area contributed by atoms with Crippen LogP contribution in [0, 0.1) is 5.92 Å². The van der Waals surface area contributed by atoms with E-state index in [1.807, 2.05) is 11.3 Å². The molecule has 0 aliphatic carbocycles. The van der Waals surface area contributed by atoms with Crippen molar-refractivity contribution in [3.8, 4) is 0 Å². The third kappa shape index (κ3) is 4.54. The van der Waals surface area contributed by atoms with E-state index in [9.17, 15) is 0 Å². The molecule has 0 radical (unpaired) electrons. The van der Waals surface area contributed by atoms with E-state index in [-0.39, 0.29) is 0 Å².